The molecule has 0 saturated carbocycles. The number of aryl methyl sites for hydroxylation is 6. The molecule has 37 heteroatoms. The average Bonchev–Trinajstić information content (AvgIpc) is 1.28. The van der Waals surface area contributed by atoms with Gasteiger partial charge in [-0.3, -0.25) is 20.4 Å². The first-order chi connectivity index (χ1) is 52.3. The fourth-order valence-corrected chi connectivity index (χ4v) is 10.6. The molecular formula is C73H77F11N24O2. The fourth-order valence-electron chi connectivity index (χ4n) is 10.6. The molecule has 12 rings (SSSR count). The second-order valence-electron chi connectivity index (χ2n) is 24.6. The van der Waals surface area contributed by atoms with Gasteiger partial charge in [-0.05, 0) is 99.4 Å². The van der Waals surface area contributed by atoms with Crippen molar-refractivity contribution in [1.82, 2.24) is 80.7 Å². The summed E-state index contributed by atoms with van der Waals surface area (Å²) in [5.41, 5.74) is 2.52. The summed E-state index contributed by atoms with van der Waals surface area (Å²) >= 11 is 0. The molecule has 8 heterocycles. The summed E-state index contributed by atoms with van der Waals surface area (Å²) in [4.78, 5) is 45.9. The summed E-state index contributed by atoms with van der Waals surface area (Å²) in [7, 11) is 0. The highest BCUT2D eigenvalue weighted by Crippen LogP contribution is 2.32. The number of aromatic amines is 4. The third kappa shape index (κ3) is 23.6. The molecule has 110 heavy (non-hydrogen) atoms. The van der Waals surface area contributed by atoms with Gasteiger partial charge in [-0.1, -0.05) is 44.5 Å². The van der Waals surface area contributed by atoms with E-state index >= 15 is 0 Å². The van der Waals surface area contributed by atoms with Crippen LogP contribution >= 0.6 is 0 Å². The van der Waals surface area contributed by atoms with Crippen LogP contribution in [0.15, 0.2) is 121 Å². The lowest BCUT2D eigenvalue weighted by molar-refractivity contribution is -0.141. The number of ether oxygens (including phenoxy) is 1. The second kappa shape index (κ2) is 37.1. The van der Waals surface area contributed by atoms with Gasteiger partial charge < -0.3 is 47.3 Å². The maximum Gasteiger partial charge on any atom is 0.432 e. The van der Waals surface area contributed by atoms with Crippen molar-refractivity contribution in [2.24, 2.45) is 0 Å². The van der Waals surface area contributed by atoms with Crippen LogP contribution in [0.5, 0.6) is 0 Å². The lowest BCUT2D eigenvalue weighted by atomic mass is 10.1. The van der Waals surface area contributed by atoms with Gasteiger partial charge in [0, 0.05) is 106 Å². The molecule has 0 amide bonds. The van der Waals surface area contributed by atoms with E-state index in [9.17, 15) is 53.1 Å². The standard InChI is InChI=1S/C19H20F2N6O2.C19H22F2N6.C18H20F2N6.C17H15F5N6/c1-4-29-19(28)15-8-18(27-26-15)25-17-9-16(23-11(3)24-17)22-10(2)13-6-5-12(20)7-14(13)21;1-4-5-14-9-19(27-26-14)25-18-10-17(23-12(3)24-18)22-11(2)15-7-6-13(20)8-16(15)21;1-4-13-8-18(26-25-13)24-17-9-16(22-11(3)23-17)21-10(2)14-6-5-12(19)7-15(14)20;1-8(11-4-3-10(18)5-12(11)19)23-14-7-15(25-9(2)24-14)26-16-6-13(27-28-16)17(20,21)22/h5-10H,4H2,1-3H3,(H3,22,23,24,25,26,27);6-11H,4-5H2,1-3H3,(H3,22,23,24,25,26,27);5-10H,4H2,1-3H3,(H3,21,22,23,24,25,26);3-8H,1-2H3,(H3,23,24,25,26,27,28). The Kier molecular flexibility index (Phi) is 27.4. The molecule has 26 nitrogen and oxygen atoms in total. The van der Waals surface area contributed by atoms with Crippen molar-refractivity contribution in [3.63, 3.8) is 0 Å². The summed E-state index contributed by atoms with van der Waals surface area (Å²) in [6.45, 7) is 19.9. The van der Waals surface area contributed by atoms with Crippen molar-refractivity contribution >= 4 is 75.8 Å². The third-order valence-electron chi connectivity index (χ3n) is 15.7. The van der Waals surface area contributed by atoms with Crippen molar-refractivity contribution < 1.29 is 57.8 Å². The van der Waals surface area contributed by atoms with Crippen molar-refractivity contribution in [3.05, 3.63) is 236 Å². The quantitative estimate of drug-likeness (QED) is 0.0187. The van der Waals surface area contributed by atoms with Gasteiger partial charge in [-0.15, -0.1) is 0 Å². The minimum Gasteiger partial charge on any atom is -0.461 e. The number of carbonyl (C=O) groups is 1. The number of aromatic nitrogens is 16. The van der Waals surface area contributed by atoms with E-state index in [4.69, 9.17) is 4.74 Å². The van der Waals surface area contributed by atoms with Crippen LogP contribution in [0.1, 0.15) is 152 Å². The summed E-state index contributed by atoms with van der Waals surface area (Å²) in [5.74, 6) is 1.50. The summed E-state index contributed by atoms with van der Waals surface area (Å²) in [6.07, 6.45) is -1.74. The first-order valence-electron chi connectivity index (χ1n) is 34.2. The number of carbonyl (C=O) groups excluding carboxylic acids is 1. The Morgan fingerprint density at radius 1 is 0.382 bits per heavy atom. The number of hydrogen-bond donors (Lipinski definition) is 12. The zero-order valence-electron chi connectivity index (χ0n) is 61.0. The Labute approximate surface area is 623 Å². The minimum absolute atomic E-state index is 0.0750. The predicted molar refractivity (Wildman–Crippen MR) is 392 cm³/mol. The normalized spacial score (nSPS) is 12.1. The second-order valence-corrected chi connectivity index (χ2v) is 24.6. The minimum atomic E-state index is -4.55. The number of nitrogens with zero attached hydrogens (tertiary/aromatic N) is 12. The molecule has 0 radical (unpaired) electrons. The molecule has 4 atom stereocenters. The molecule has 12 N–H and O–H groups in total. The number of halogens is 11. The molecule has 0 fully saturated rings. The molecule has 0 aliphatic heterocycles. The number of nitrogens with one attached hydrogen (secondary N) is 12. The topological polar surface area (TPSA) is 340 Å². The van der Waals surface area contributed by atoms with E-state index in [2.05, 4.69) is 125 Å². The van der Waals surface area contributed by atoms with E-state index in [1.54, 1.807) is 80.5 Å². The number of anilines is 12. The highest BCUT2D eigenvalue weighted by atomic mass is 19.4. The van der Waals surface area contributed by atoms with Crippen molar-refractivity contribution in [2.45, 2.75) is 126 Å². The number of esters is 1. The van der Waals surface area contributed by atoms with Gasteiger partial charge in [0.2, 0.25) is 0 Å². The van der Waals surface area contributed by atoms with Crippen LogP contribution in [0.4, 0.5) is 118 Å². The Morgan fingerprint density at radius 3 is 0.982 bits per heavy atom. The SMILES string of the molecule is CCCc1cc(Nc2cc(NC(C)c3ccc(F)cc3F)nc(C)n2)n[nH]1.CCOC(=O)c1cc(Nc2cc(NC(C)c3ccc(F)cc3F)nc(C)n2)n[nH]1.CCc1cc(Nc2cc(NC(C)c3ccc(F)cc3F)nc(C)n2)n[nH]1.Cc1nc(Nc2cc(C(F)(F)F)[nH]n2)cc(NC(C)c2ccc(F)cc2F)n1. The number of hydrogen-bond acceptors (Lipinski definition) is 22. The summed E-state index contributed by atoms with van der Waals surface area (Å²) in [6, 6.07) is 24.6. The fraction of sp³-hybridized carbons (Fsp3) is 0.274. The molecule has 8 aromatic heterocycles. The maximum atomic E-state index is 14.0. The van der Waals surface area contributed by atoms with Crippen LogP contribution in [0, 0.1) is 74.2 Å². The molecule has 0 aliphatic carbocycles. The largest absolute Gasteiger partial charge is 0.461 e. The van der Waals surface area contributed by atoms with Crippen LogP contribution in [0.3, 0.4) is 0 Å². The zero-order valence-corrected chi connectivity index (χ0v) is 61.0. The highest BCUT2D eigenvalue weighted by molar-refractivity contribution is 5.88. The van der Waals surface area contributed by atoms with E-state index in [-0.39, 0.29) is 29.5 Å². The Bertz CT molecular complexity index is 5090. The van der Waals surface area contributed by atoms with Gasteiger partial charge in [0.05, 0.1) is 30.8 Å². The Morgan fingerprint density at radius 2 is 0.682 bits per heavy atom. The smallest absolute Gasteiger partial charge is 0.432 e. The Balaban J connectivity index is 0.000000169. The number of rotatable bonds is 25. The Hall–Kier alpha value is -12.9. The van der Waals surface area contributed by atoms with E-state index in [0.717, 1.165) is 67.0 Å². The molecule has 0 spiro atoms. The molecule has 0 bridgehead atoms. The monoisotopic (exact) mass is 1530 g/mol. The summed E-state index contributed by atoms with van der Waals surface area (Å²) in [5, 5.41) is 50.5. The van der Waals surface area contributed by atoms with Crippen molar-refractivity contribution in [2.75, 3.05) is 49.1 Å². The van der Waals surface area contributed by atoms with Gasteiger partial charge in [0.15, 0.2) is 23.3 Å². The average molecular weight is 1530 g/mol. The van der Waals surface area contributed by atoms with Crippen LogP contribution in [0.2, 0.25) is 0 Å². The molecule has 0 aliphatic rings. The van der Waals surface area contributed by atoms with Gasteiger partial charge in [0.1, 0.15) is 128 Å². The van der Waals surface area contributed by atoms with E-state index in [1.807, 2.05) is 24.2 Å². The van der Waals surface area contributed by atoms with Gasteiger partial charge in [-0.25, -0.2) is 79.8 Å². The van der Waals surface area contributed by atoms with E-state index in [0.29, 0.717) is 98.2 Å². The maximum absolute atomic E-state index is 14.0. The number of alkyl halides is 3. The van der Waals surface area contributed by atoms with Crippen LogP contribution in [0.25, 0.3) is 0 Å². The molecule has 12 aromatic rings. The zero-order chi connectivity index (χ0) is 79.5. The van der Waals surface area contributed by atoms with Crippen LogP contribution in [-0.4, -0.2) is 93.2 Å². The lowest BCUT2D eigenvalue weighted by Crippen LogP contribution is -2.11. The van der Waals surface area contributed by atoms with Gasteiger partial charge in [-0.2, -0.15) is 33.6 Å². The van der Waals surface area contributed by atoms with Crippen molar-refractivity contribution in [1.29, 1.82) is 0 Å². The van der Waals surface area contributed by atoms with Gasteiger partial charge >= 0.3 is 12.1 Å². The predicted octanol–water partition coefficient (Wildman–Crippen LogP) is 17.5. The first-order valence-corrected chi connectivity index (χ1v) is 34.2. The molecule has 4 aromatic carbocycles. The molecule has 0 saturated heterocycles. The van der Waals surface area contributed by atoms with Crippen LogP contribution < -0.4 is 42.5 Å². The van der Waals surface area contributed by atoms with Crippen LogP contribution in [-0.2, 0) is 23.8 Å². The highest BCUT2D eigenvalue weighted by Gasteiger charge is 2.33. The van der Waals surface area contributed by atoms with E-state index in [1.165, 1.54) is 54.6 Å². The lowest BCUT2D eigenvalue weighted by Gasteiger charge is -2.16. The number of H-pyrrole nitrogens is 4. The first kappa shape index (κ1) is 81.2. The number of benzene rings is 4. The molecular weight excluding hydrogens is 1450 g/mol. The third-order valence-corrected chi connectivity index (χ3v) is 15.7. The summed E-state index contributed by atoms with van der Waals surface area (Å²) < 4.78 is 151. The molecule has 578 valence electrons. The molecule has 4 unspecified atom stereocenters. The van der Waals surface area contributed by atoms with Gasteiger partial charge in [0.25, 0.3) is 0 Å². The van der Waals surface area contributed by atoms with Crippen molar-refractivity contribution in [3.8, 4) is 0 Å². The van der Waals surface area contributed by atoms with E-state index < -0.39 is 88.5 Å².